The quantitative estimate of drug-likeness (QED) is 0.376. The van der Waals surface area contributed by atoms with Crippen LogP contribution in [0, 0.1) is 11.8 Å². The first-order valence-electron chi connectivity index (χ1n) is 10.4. The molecule has 164 valence electrons. The van der Waals surface area contributed by atoms with Crippen molar-refractivity contribution in [3.05, 3.63) is 0 Å². The smallest absolute Gasteiger partial charge is 0.222 e. The Morgan fingerprint density at radius 3 is 2.46 bits per heavy atom. The molecule has 0 aromatic rings. The van der Waals surface area contributed by atoms with Crippen molar-refractivity contribution in [2.75, 3.05) is 33.5 Å². The molecule has 7 atom stereocenters. The van der Waals surface area contributed by atoms with Crippen LogP contribution < -0.4 is 0 Å². The first kappa shape index (κ1) is 23.5. The second kappa shape index (κ2) is 11.4. The minimum absolute atomic E-state index is 0.00333. The normalized spacial score (nSPS) is 36.1. The topological polar surface area (TPSA) is 120 Å². The first-order valence-corrected chi connectivity index (χ1v) is 10.4. The fraction of sp³-hybridized carbons (Fsp3) is 0.950. The fourth-order valence-electron chi connectivity index (χ4n) is 4.32. The molecule has 8 heteroatoms. The highest BCUT2D eigenvalue weighted by molar-refractivity contribution is 5.76. The van der Waals surface area contributed by atoms with Gasteiger partial charge in [-0.25, -0.2) is 0 Å². The first-order chi connectivity index (χ1) is 13.4. The zero-order valence-corrected chi connectivity index (χ0v) is 17.1. The summed E-state index contributed by atoms with van der Waals surface area (Å²) in [6.07, 6.45) is 2.12. The number of hydrogen-bond acceptors (Lipinski definition) is 7. The molecule has 0 spiro atoms. The van der Waals surface area contributed by atoms with Crippen LogP contribution in [0.3, 0.4) is 0 Å². The van der Waals surface area contributed by atoms with Gasteiger partial charge < -0.3 is 34.8 Å². The molecule has 1 saturated heterocycles. The zero-order valence-electron chi connectivity index (χ0n) is 17.1. The van der Waals surface area contributed by atoms with Gasteiger partial charge in [0.05, 0.1) is 37.1 Å². The molecular formula is C20H37NO7. The molecule has 1 aliphatic carbocycles. The summed E-state index contributed by atoms with van der Waals surface area (Å²) in [4.78, 5) is 14.1. The van der Waals surface area contributed by atoms with Crippen molar-refractivity contribution < 1.29 is 34.7 Å². The molecule has 2 rings (SSSR count). The highest BCUT2D eigenvalue weighted by atomic mass is 16.5. The van der Waals surface area contributed by atoms with Gasteiger partial charge in [-0.3, -0.25) is 4.79 Å². The summed E-state index contributed by atoms with van der Waals surface area (Å²) in [5, 5.41) is 38.8. The average Bonchev–Trinajstić information content (AvgIpc) is 3.13. The lowest BCUT2D eigenvalue weighted by atomic mass is 9.77. The van der Waals surface area contributed by atoms with E-state index in [2.05, 4.69) is 0 Å². The third-order valence-corrected chi connectivity index (χ3v) is 6.34. The van der Waals surface area contributed by atoms with E-state index < -0.39 is 12.2 Å². The van der Waals surface area contributed by atoms with Crippen LogP contribution in [0.5, 0.6) is 0 Å². The van der Waals surface area contributed by atoms with Gasteiger partial charge in [-0.2, -0.15) is 0 Å². The van der Waals surface area contributed by atoms with Gasteiger partial charge >= 0.3 is 0 Å². The van der Waals surface area contributed by atoms with Crippen molar-refractivity contribution in [3.63, 3.8) is 0 Å². The van der Waals surface area contributed by atoms with Crippen LogP contribution in [0.15, 0.2) is 0 Å². The van der Waals surface area contributed by atoms with Crippen molar-refractivity contribution in [1.82, 2.24) is 4.90 Å². The summed E-state index contributed by atoms with van der Waals surface area (Å²) < 4.78 is 11.2. The number of nitrogens with zero attached hydrogens (tertiary/aromatic N) is 1. The largest absolute Gasteiger partial charge is 0.396 e. The van der Waals surface area contributed by atoms with E-state index in [9.17, 15) is 25.2 Å². The van der Waals surface area contributed by atoms with Crippen LogP contribution in [0.25, 0.3) is 0 Å². The van der Waals surface area contributed by atoms with Gasteiger partial charge in [-0.15, -0.1) is 0 Å². The maximum Gasteiger partial charge on any atom is 0.222 e. The molecule has 2 fully saturated rings. The molecule has 0 aromatic carbocycles. The number of rotatable bonds is 10. The van der Waals surface area contributed by atoms with Gasteiger partial charge in [0.15, 0.2) is 0 Å². The van der Waals surface area contributed by atoms with Crippen LogP contribution in [0.4, 0.5) is 0 Å². The molecule has 1 saturated carbocycles. The predicted molar refractivity (Wildman–Crippen MR) is 103 cm³/mol. The molecule has 2 unspecified atom stereocenters. The molecule has 0 aromatic heterocycles. The summed E-state index contributed by atoms with van der Waals surface area (Å²) in [6, 6.07) is -0.144. The number of aliphatic hydroxyl groups excluding tert-OH is 4. The Kier molecular flexibility index (Phi) is 9.59. The van der Waals surface area contributed by atoms with Gasteiger partial charge in [0, 0.05) is 45.1 Å². The minimum atomic E-state index is -0.906. The Hall–Kier alpha value is -0.770. The van der Waals surface area contributed by atoms with Gasteiger partial charge in [-0.1, -0.05) is 13.3 Å². The molecule has 8 nitrogen and oxygen atoms in total. The van der Waals surface area contributed by atoms with Crippen LogP contribution >= 0.6 is 0 Å². The summed E-state index contributed by atoms with van der Waals surface area (Å²) in [5.41, 5.74) is 0. The minimum Gasteiger partial charge on any atom is -0.396 e. The predicted octanol–water partition coefficient (Wildman–Crippen LogP) is -0.0897. The second-order valence-corrected chi connectivity index (χ2v) is 8.21. The number of carbonyl (C=O) groups is 1. The van der Waals surface area contributed by atoms with Crippen LogP contribution in [-0.2, 0) is 14.3 Å². The maximum absolute atomic E-state index is 12.4. The number of carbonyl (C=O) groups excluding carboxylic acids is 1. The molecule has 1 heterocycles. The van der Waals surface area contributed by atoms with E-state index in [0.717, 1.165) is 19.3 Å². The summed E-state index contributed by atoms with van der Waals surface area (Å²) >= 11 is 0. The SMILES string of the molecule is CO[C@@H]1C[C@@H](CO)N(C(=O)CCCCCO[C@@H]2CC(CO)[C@H](O)[C@H](O)C2C)C1. The van der Waals surface area contributed by atoms with E-state index in [0.29, 0.717) is 32.4 Å². The van der Waals surface area contributed by atoms with E-state index in [1.54, 1.807) is 12.0 Å². The number of unbranched alkanes of at least 4 members (excludes halogenated alkanes) is 2. The van der Waals surface area contributed by atoms with Gasteiger partial charge in [0.1, 0.15) is 0 Å². The molecular weight excluding hydrogens is 366 g/mol. The Bertz CT molecular complexity index is 475. The van der Waals surface area contributed by atoms with Crippen LogP contribution in [0.1, 0.15) is 45.4 Å². The lowest BCUT2D eigenvalue weighted by Crippen LogP contribution is -2.50. The molecule has 0 radical (unpaired) electrons. The van der Waals surface area contributed by atoms with Gasteiger partial charge in [0.25, 0.3) is 0 Å². The zero-order chi connectivity index (χ0) is 20.7. The Morgan fingerprint density at radius 1 is 1.07 bits per heavy atom. The average molecular weight is 404 g/mol. The Labute approximate surface area is 167 Å². The summed E-state index contributed by atoms with van der Waals surface area (Å²) in [6.45, 7) is 2.73. The molecule has 1 aliphatic heterocycles. The van der Waals surface area contributed by atoms with Crippen molar-refractivity contribution in [1.29, 1.82) is 0 Å². The molecule has 1 amide bonds. The van der Waals surface area contributed by atoms with E-state index in [1.165, 1.54) is 0 Å². The third kappa shape index (κ3) is 5.87. The van der Waals surface area contributed by atoms with Crippen molar-refractivity contribution in [2.45, 2.75) is 75.9 Å². The lowest BCUT2D eigenvalue weighted by Gasteiger charge is -2.40. The number of ether oxygens (including phenoxy) is 2. The van der Waals surface area contributed by atoms with E-state index in [1.807, 2.05) is 6.92 Å². The van der Waals surface area contributed by atoms with Crippen molar-refractivity contribution in [3.8, 4) is 0 Å². The standard InChI is InChI=1S/C20H37NO7/c1-13-17(8-14(11-22)20(26)19(13)25)28-7-5-3-4-6-18(24)21-10-16(27-2)9-15(21)12-23/h13-17,19-20,22-23,25-26H,3-12H2,1-2H3/t13?,14?,15-,16+,17+,19+,20-/m0/s1. The number of likely N-dealkylation sites (tertiary alicyclic amines) is 1. The summed E-state index contributed by atoms with van der Waals surface area (Å²) in [5.74, 6) is -0.480. The fourth-order valence-corrected chi connectivity index (χ4v) is 4.32. The summed E-state index contributed by atoms with van der Waals surface area (Å²) in [7, 11) is 1.63. The van der Waals surface area contributed by atoms with E-state index in [-0.39, 0.29) is 49.2 Å². The van der Waals surface area contributed by atoms with E-state index in [4.69, 9.17) is 9.47 Å². The Morgan fingerprint density at radius 2 is 1.82 bits per heavy atom. The molecule has 4 N–H and O–H groups in total. The monoisotopic (exact) mass is 403 g/mol. The number of aliphatic hydroxyl groups is 4. The van der Waals surface area contributed by atoms with E-state index >= 15 is 0 Å². The van der Waals surface area contributed by atoms with Crippen molar-refractivity contribution in [2.24, 2.45) is 11.8 Å². The maximum atomic E-state index is 12.4. The number of amides is 1. The van der Waals surface area contributed by atoms with Crippen LogP contribution in [-0.4, -0.2) is 95.2 Å². The lowest BCUT2D eigenvalue weighted by molar-refractivity contribution is -0.144. The third-order valence-electron chi connectivity index (χ3n) is 6.34. The Balaban J connectivity index is 1.63. The van der Waals surface area contributed by atoms with Gasteiger partial charge in [0.2, 0.25) is 5.91 Å². The second-order valence-electron chi connectivity index (χ2n) is 8.21. The van der Waals surface area contributed by atoms with Crippen molar-refractivity contribution >= 4 is 5.91 Å². The molecule has 0 bridgehead atoms. The van der Waals surface area contributed by atoms with Gasteiger partial charge in [-0.05, 0) is 25.7 Å². The van der Waals surface area contributed by atoms with Crippen LogP contribution in [0.2, 0.25) is 0 Å². The highest BCUT2D eigenvalue weighted by Gasteiger charge is 2.41. The molecule has 2 aliphatic rings. The number of methoxy groups -OCH3 is 1. The highest BCUT2D eigenvalue weighted by Crippen LogP contribution is 2.31. The molecule has 28 heavy (non-hydrogen) atoms. The number of hydrogen-bond donors (Lipinski definition) is 4.